The number of carbonyl (C=O) groups excluding carboxylic acids is 1. The highest BCUT2D eigenvalue weighted by molar-refractivity contribution is 5.81. The highest BCUT2D eigenvalue weighted by atomic mass is 16.8. The fraction of sp³-hybridized carbons (Fsp3) is 0.931. The predicted molar refractivity (Wildman–Crippen MR) is 180 cm³/mol. The van der Waals surface area contributed by atoms with Crippen LogP contribution in [0.15, 0.2) is 4.99 Å². The first-order valence-electron chi connectivity index (χ1n) is 17.4. The highest BCUT2D eigenvalue weighted by Crippen LogP contribution is 2.34. The number of nitrogens with two attached hydrogens (primary N) is 8. The van der Waals surface area contributed by atoms with E-state index in [4.69, 9.17) is 74.3 Å². The monoisotopic (exact) mass is 770 g/mol. The Kier molecular flexibility index (Phi) is 15.9. The summed E-state index contributed by atoms with van der Waals surface area (Å²) in [5.74, 6) is -0.666. The average Bonchev–Trinajstić information content (AvgIpc) is 3.42. The van der Waals surface area contributed by atoms with Crippen molar-refractivity contribution in [1.82, 2.24) is 5.32 Å². The Morgan fingerprint density at radius 2 is 1.28 bits per heavy atom. The number of hydrogen-bond acceptors (Lipinski definition) is 21. The molecule has 24 nitrogen and oxygen atoms in total. The number of rotatable bonds is 15. The molecule has 24 N–H and O–H groups in total. The number of aliphatic hydroxyl groups is 7. The van der Waals surface area contributed by atoms with Gasteiger partial charge in [0.1, 0.15) is 67.1 Å². The maximum atomic E-state index is 12.6. The van der Waals surface area contributed by atoms with E-state index in [1.165, 1.54) is 0 Å². The minimum Gasteiger partial charge on any atom is -0.394 e. The van der Waals surface area contributed by atoms with E-state index in [0.717, 1.165) is 0 Å². The van der Waals surface area contributed by atoms with Gasteiger partial charge in [-0.2, -0.15) is 0 Å². The zero-order valence-electron chi connectivity index (χ0n) is 29.1. The van der Waals surface area contributed by atoms with E-state index in [2.05, 4.69) is 10.3 Å². The Morgan fingerprint density at radius 3 is 1.87 bits per heavy atom. The Bertz CT molecular complexity index is 1200. The van der Waals surface area contributed by atoms with Crippen LogP contribution < -0.4 is 51.2 Å². The first kappa shape index (κ1) is 43.7. The molecule has 3 aliphatic heterocycles. The standard InChI is InChI=1S/C29H58N10O14/c30-5-11-17(42)19(44)14(34)26(48-11)52-23-13(7-40)50-28(21(23)46)53-24-16(41)9(32)4-10(33)22(24)51-27-15(35)20(45)18(43)12(49-27)6-39-25(47)8(31)2-1-3-38-29(36)37/h8-24,26-28,40-46H,1-7,30-35H2,(H,39,47)(H4,36,37,38)/t8-,9+,10-,11-,12+,13+,14+,15+,16-,17+,18+,19+,20+,21+,22+,23+,24+,26?,27+,28-/m0/s1. The molecular weight excluding hydrogens is 712 g/mol. The second kappa shape index (κ2) is 19.2. The zero-order valence-corrected chi connectivity index (χ0v) is 29.1. The number of aliphatic imine (C=N–C) groups is 1. The summed E-state index contributed by atoms with van der Waals surface area (Å²) in [7, 11) is 0. The van der Waals surface area contributed by atoms with Gasteiger partial charge in [0.2, 0.25) is 5.91 Å². The minimum atomic E-state index is -1.67. The maximum Gasteiger partial charge on any atom is 0.237 e. The second-order valence-corrected chi connectivity index (χ2v) is 13.8. The molecule has 308 valence electrons. The van der Waals surface area contributed by atoms with Crippen molar-refractivity contribution in [3.63, 3.8) is 0 Å². The number of nitrogens with zero attached hydrogens (tertiary/aromatic N) is 1. The molecule has 3 saturated heterocycles. The van der Waals surface area contributed by atoms with E-state index in [1.54, 1.807) is 0 Å². The topological polar surface area (TPSA) is 447 Å². The van der Waals surface area contributed by atoms with Crippen molar-refractivity contribution in [2.45, 2.75) is 142 Å². The van der Waals surface area contributed by atoms with Crippen molar-refractivity contribution in [2.24, 2.45) is 50.9 Å². The lowest BCUT2D eigenvalue weighted by molar-refractivity contribution is -0.307. The van der Waals surface area contributed by atoms with Crippen LogP contribution in [-0.2, 0) is 33.2 Å². The van der Waals surface area contributed by atoms with Crippen LogP contribution in [0.25, 0.3) is 0 Å². The molecule has 4 rings (SSSR count). The molecule has 0 spiro atoms. The van der Waals surface area contributed by atoms with E-state index in [-0.39, 0.29) is 38.4 Å². The lowest BCUT2D eigenvalue weighted by atomic mass is 9.84. The quantitative estimate of drug-likeness (QED) is 0.0417. The SMILES string of the molecule is NC[C@@H]1OC(O[C@H]2[C@@H](O)[C@H](O[C@@H]3[C@@H](O)[C@H](N)C[C@H](N)[C@H]3O[C@H]3O[C@H](CNC(=O)[C@@H](N)CCCN=C(N)N)[C@@H](O)[C@H](O)[C@H]3N)O[C@@H]2CO)[C@H](N)[C@@H](O)[C@@H]1O. The van der Waals surface area contributed by atoms with Crippen LogP contribution in [0.4, 0.5) is 0 Å². The van der Waals surface area contributed by atoms with Gasteiger partial charge in [-0.1, -0.05) is 0 Å². The van der Waals surface area contributed by atoms with Gasteiger partial charge >= 0.3 is 0 Å². The number of aliphatic hydroxyl groups excluding tert-OH is 7. The maximum absolute atomic E-state index is 12.6. The van der Waals surface area contributed by atoms with Crippen LogP contribution >= 0.6 is 0 Å². The summed E-state index contributed by atoms with van der Waals surface area (Å²) in [6.07, 6.45) is -20.6. The molecule has 0 aromatic heterocycles. The Hall–Kier alpha value is -2.02. The van der Waals surface area contributed by atoms with Crippen LogP contribution in [0.5, 0.6) is 0 Å². The second-order valence-electron chi connectivity index (χ2n) is 13.8. The first-order chi connectivity index (χ1) is 25.0. The normalized spacial score (nSPS) is 45.4. The van der Waals surface area contributed by atoms with Crippen LogP contribution in [-0.4, -0.2) is 196 Å². The summed E-state index contributed by atoms with van der Waals surface area (Å²) in [4.78, 5) is 16.4. The van der Waals surface area contributed by atoms with Gasteiger partial charge in [0.15, 0.2) is 24.8 Å². The number of ether oxygens (including phenoxy) is 6. The lowest BCUT2D eigenvalue weighted by Gasteiger charge is -2.47. The van der Waals surface area contributed by atoms with Gasteiger partial charge in [-0.25, -0.2) is 0 Å². The molecule has 1 amide bonds. The van der Waals surface area contributed by atoms with Crippen LogP contribution in [0.1, 0.15) is 19.3 Å². The third kappa shape index (κ3) is 10.2. The molecule has 24 heteroatoms. The molecule has 53 heavy (non-hydrogen) atoms. The molecule has 4 fully saturated rings. The smallest absolute Gasteiger partial charge is 0.237 e. The molecule has 4 aliphatic rings. The van der Waals surface area contributed by atoms with Gasteiger partial charge in [0, 0.05) is 31.7 Å². The fourth-order valence-electron chi connectivity index (χ4n) is 6.70. The summed E-state index contributed by atoms with van der Waals surface area (Å²) >= 11 is 0. The van der Waals surface area contributed by atoms with Gasteiger partial charge < -0.3 is 115 Å². The van der Waals surface area contributed by atoms with Gasteiger partial charge in [0.05, 0.1) is 30.8 Å². The van der Waals surface area contributed by atoms with Crippen molar-refractivity contribution >= 4 is 11.9 Å². The first-order valence-corrected chi connectivity index (χ1v) is 17.4. The van der Waals surface area contributed by atoms with E-state index in [0.29, 0.717) is 6.42 Å². The molecule has 1 unspecified atom stereocenters. The minimum absolute atomic E-state index is 0.0197. The van der Waals surface area contributed by atoms with Crippen molar-refractivity contribution in [1.29, 1.82) is 0 Å². The third-order valence-electron chi connectivity index (χ3n) is 9.92. The van der Waals surface area contributed by atoms with E-state index < -0.39 is 135 Å². The summed E-state index contributed by atoms with van der Waals surface area (Å²) in [6.45, 7) is -0.921. The summed E-state index contributed by atoms with van der Waals surface area (Å²) in [5, 5.41) is 77.1. The molecule has 0 bridgehead atoms. The number of hydrogen-bond donors (Lipinski definition) is 16. The molecule has 0 aromatic carbocycles. The van der Waals surface area contributed by atoms with Crippen molar-refractivity contribution in [3.8, 4) is 0 Å². The van der Waals surface area contributed by atoms with E-state index in [9.17, 15) is 40.5 Å². The number of amides is 1. The van der Waals surface area contributed by atoms with E-state index in [1.807, 2.05) is 0 Å². The van der Waals surface area contributed by atoms with Crippen LogP contribution in [0.2, 0.25) is 0 Å². The van der Waals surface area contributed by atoms with Gasteiger partial charge in [-0.05, 0) is 19.3 Å². The van der Waals surface area contributed by atoms with Crippen LogP contribution in [0, 0.1) is 0 Å². The zero-order chi connectivity index (χ0) is 39.3. The third-order valence-corrected chi connectivity index (χ3v) is 9.92. The van der Waals surface area contributed by atoms with Gasteiger partial charge in [-0.3, -0.25) is 9.79 Å². The Balaban J connectivity index is 1.43. The predicted octanol–water partition coefficient (Wildman–Crippen LogP) is -10.4. The molecule has 0 aromatic rings. The molecule has 1 saturated carbocycles. The molecule has 3 heterocycles. The van der Waals surface area contributed by atoms with Gasteiger partial charge in [0.25, 0.3) is 0 Å². The number of nitrogens with one attached hydrogen (secondary N) is 1. The molecule has 1 aliphatic carbocycles. The highest BCUT2D eigenvalue weighted by Gasteiger charge is 2.54. The number of guanidine groups is 1. The molecule has 0 radical (unpaired) electrons. The molecule has 20 atom stereocenters. The lowest BCUT2D eigenvalue weighted by Crippen LogP contribution is -2.68. The summed E-state index contributed by atoms with van der Waals surface area (Å²) in [5.41, 5.74) is 46.9. The van der Waals surface area contributed by atoms with Crippen LogP contribution in [0.3, 0.4) is 0 Å². The molecular formula is C29H58N10O14. The summed E-state index contributed by atoms with van der Waals surface area (Å²) < 4.78 is 35.2. The average molecular weight is 771 g/mol. The van der Waals surface area contributed by atoms with Crippen molar-refractivity contribution < 1.29 is 69.0 Å². The van der Waals surface area contributed by atoms with Crippen molar-refractivity contribution in [2.75, 3.05) is 26.2 Å². The largest absolute Gasteiger partial charge is 0.394 e. The summed E-state index contributed by atoms with van der Waals surface area (Å²) in [6, 6.07) is -5.46. The van der Waals surface area contributed by atoms with Gasteiger partial charge in [-0.15, -0.1) is 0 Å². The Labute approximate surface area is 305 Å². The number of carbonyl (C=O) groups is 1. The van der Waals surface area contributed by atoms with E-state index >= 15 is 0 Å². The fourth-order valence-corrected chi connectivity index (χ4v) is 6.70. The van der Waals surface area contributed by atoms with Crippen molar-refractivity contribution in [3.05, 3.63) is 0 Å². The Morgan fingerprint density at radius 1 is 0.736 bits per heavy atom.